The van der Waals surface area contributed by atoms with Crippen molar-refractivity contribution >= 4 is 0 Å². The van der Waals surface area contributed by atoms with Gasteiger partial charge in [-0.25, -0.2) is 0 Å². The lowest BCUT2D eigenvalue weighted by molar-refractivity contribution is 0.190. The van der Waals surface area contributed by atoms with E-state index in [1.807, 2.05) is 0 Å². The summed E-state index contributed by atoms with van der Waals surface area (Å²) in [6.45, 7) is 9.16. The molecule has 1 rings (SSSR count). The van der Waals surface area contributed by atoms with Gasteiger partial charge < -0.3 is 0 Å². The van der Waals surface area contributed by atoms with Crippen molar-refractivity contribution in [1.29, 1.82) is 0 Å². The SMILES string of the molecule is CC=C1CC(C(C)(C)C)C1. The Balaban J connectivity index is 2.40. The van der Waals surface area contributed by atoms with Crippen LogP contribution >= 0.6 is 0 Å². The Morgan fingerprint density at radius 1 is 1.30 bits per heavy atom. The van der Waals surface area contributed by atoms with E-state index in [2.05, 4.69) is 33.8 Å². The summed E-state index contributed by atoms with van der Waals surface area (Å²) in [5.74, 6) is 0.943. The molecule has 0 aromatic heterocycles. The fraction of sp³-hybridized carbons (Fsp3) is 0.800. The van der Waals surface area contributed by atoms with E-state index in [0.29, 0.717) is 5.41 Å². The third kappa shape index (κ3) is 1.42. The van der Waals surface area contributed by atoms with Crippen LogP contribution in [0.4, 0.5) is 0 Å². The summed E-state index contributed by atoms with van der Waals surface area (Å²) in [5, 5.41) is 0. The first-order valence-electron chi connectivity index (χ1n) is 4.18. The van der Waals surface area contributed by atoms with Gasteiger partial charge in [0.15, 0.2) is 0 Å². The molecule has 1 aliphatic rings. The molecular weight excluding hydrogens is 120 g/mol. The van der Waals surface area contributed by atoms with E-state index in [0.717, 1.165) is 5.92 Å². The molecule has 0 heteroatoms. The van der Waals surface area contributed by atoms with Gasteiger partial charge in [-0.1, -0.05) is 32.4 Å². The molecule has 0 aromatic carbocycles. The summed E-state index contributed by atoms with van der Waals surface area (Å²) in [6.07, 6.45) is 4.96. The molecule has 0 bridgehead atoms. The second kappa shape index (κ2) is 2.41. The summed E-state index contributed by atoms with van der Waals surface area (Å²) in [7, 11) is 0. The Kier molecular flexibility index (Phi) is 1.89. The lowest BCUT2D eigenvalue weighted by Gasteiger charge is -2.39. The average molecular weight is 138 g/mol. The van der Waals surface area contributed by atoms with Gasteiger partial charge in [-0.3, -0.25) is 0 Å². The van der Waals surface area contributed by atoms with Crippen LogP contribution in [0.2, 0.25) is 0 Å². The van der Waals surface area contributed by atoms with E-state index < -0.39 is 0 Å². The molecule has 0 aliphatic heterocycles. The van der Waals surface area contributed by atoms with Crippen molar-refractivity contribution in [2.75, 3.05) is 0 Å². The molecule has 0 saturated heterocycles. The zero-order valence-electron chi connectivity index (χ0n) is 7.57. The predicted octanol–water partition coefficient (Wildman–Crippen LogP) is 3.39. The minimum atomic E-state index is 0.534. The van der Waals surface area contributed by atoms with Crippen molar-refractivity contribution in [3.63, 3.8) is 0 Å². The summed E-state index contributed by atoms with van der Waals surface area (Å²) in [5.41, 5.74) is 2.19. The minimum absolute atomic E-state index is 0.534. The highest BCUT2D eigenvalue weighted by Gasteiger charge is 2.32. The molecule has 0 amide bonds. The maximum absolute atomic E-state index is 2.34. The standard InChI is InChI=1S/C10H18/c1-5-8-6-9(7-8)10(2,3)4/h5,9H,6-7H2,1-4H3. The summed E-state index contributed by atoms with van der Waals surface area (Å²) in [4.78, 5) is 0. The molecule has 0 atom stereocenters. The number of hydrogen-bond donors (Lipinski definition) is 0. The molecule has 0 aromatic rings. The van der Waals surface area contributed by atoms with Gasteiger partial charge in [0.1, 0.15) is 0 Å². The summed E-state index contributed by atoms with van der Waals surface area (Å²) < 4.78 is 0. The van der Waals surface area contributed by atoms with Gasteiger partial charge in [-0.05, 0) is 31.1 Å². The lowest BCUT2D eigenvalue weighted by atomic mass is 9.66. The zero-order chi connectivity index (χ0) is 7.78. The van der Waals surface area contributed by atoms with Crippen LogP contribution in [-0.4, -0.2) is 0 Å². The van der Waals surface area contributed by atoms with Gasteiger partial charge in [0, 0.05) is 0 Å². The quantitative estimate of drug-likeness (QED) is 0.450. The van der Waals surface area contributed by atoms with E-state index >= 15 is 0 Å². The molecule has 1 saturated carbocycles. The third-order valence-corrected chi connectivity index (χ3v) is 2.65. The second-order valence-corrected chi connectivity index (χ2v) is 4.42. The van der Waals surface area contributed by atoms with Crippen molar-refractivity contribution in [2.24, 2.45) is 11.3 Å². The number of hydrogen-bond acceptors (Lipinski definition) is 0. The van der Waals surface area contributed by atoms with E-state index in [1.54, 1.807) is 5.57 Å². The van der Waals surface area contributed by atoms with E-state index in [1.165, 1.54) is 12.8 Å². The van der Waals surface area contributed by atoms with Crippen LogP contribution in [-0.2, 0) is 0 Å². The van der Waals surface area contributed by atoms with Crippen molar-refractivity contribution < 1.29 is 0 Å². The molecule has 0 heterocycles. The third-order valence-electron chi connectivity index (χ3n) is 2.65. The van der Waals surface area contributed by atoms with Gasteiger partial charge in [-0.15, -0.1) is 0 Å². The fourth-order valence-electron chi connectivity index (χ4n) is 1.42. The molecule has 1 fully saturated rings. The fourth-order valence-corrected chi connectivity index (χ4v) is 1.42. The van der Waals surface area contributed by atoms with Gasteiger partial charge in [-0.2, -0.15) is 0 Å². The largest absolute Gasteiger partial charge is 0.0884 e. The van der Waals surface area contributed by atoms with Crippen LogP contribution in [0.3, 0.4) is 0 Å². The Bertz CT molecular complexity index is 138. The van der Waals surface area contributed by atoms with Crippen molar-refractivity contribution in [1.82, 2.24) is 0 Å². The summed E-state index contributed by atoms with van der Waals surface area (Å²) in [6, 6.07) is 0. The normalized spacial score (nSPS) is 26.0. The molecule has 0 N–H and O–H groups in total. The second-order valence-electron chi connectivity index (χ2n) is 4.42. The maximum atomic E-state index is 2.34. The monoisotopic (exact) mass is 138 g/mol. The van der Waals surface area contributed by atoms with Crippen molar-refractivity contribution in [2.45, 2.75) is 40.5 Å². The first kappa shape index (κ1) is 7.84. The Hall–Kier alpha value is -0.260. The van der Waals surface area contributed by atoms with Crippen LogP contribution in [0.5, 0.6) is 0 Å². The topological polar surface area (TPSA) is 0 Å². The van der Waals surface area contributed by atoms with Crippen LogP contribution < -0.4 is 0 Å². The van der Waals surface area contributed by atoms with E-state index in [9.17, 15) is 0 Å². The number of allylic oxidation sites excluding steroid dienone is 2. The predicted molar refractivity (Wildman–Crippen MR) is 45.9 cm³/mol. The van der Waals surface area contributed by atoms with E-state index in [4.69, 9.17) is 0 Å². The molecule has 0 spiro atoms. The smallest absolute Gasteiger partial charge is 0.0284 e. The molecule has 1 aliphatic carbocycles. The van der Waals surface area contributed by atoms with E-state index in [-0.39, 0.29) is 0 Å². The zero-order valence-corrected chi connectivity index (χ0v) is 7.57. The average Bonchev–Trinajstić information content (AvgIpc) is 1.57. The first-order chi connectivity index (χ1) is 4.54. The lowest BCUT2D eigenvalue weighted by Crippen LogP contribution is -2.28. The van der Waals surface area contributed by atoms with Crippen molar-refractivity contribution in [3.8, 4) is 0 Å². The Labute approximate surface area is 64.3 Å². The molecule has 58 valence electrons. The highest BCUT2D eigenvalue weighted by molar-refractivity contribution is 5.13. The van der Waals surface area contributed by atoms with Crippen LogP contribution in [0, 0.1) is 11.3 Å². The van der Waals surface area contributed by atoms with Gasteiger partial charge in [0.2, 0.25) is 0 Å². The highest BCUT2D eigenvalue weighted by atomic mass is 14.4. The Morgan fingerprint density at radius 2 is 1.80 bits per heavy atom. The minimum Gasteiger partial charge on any atom is -0.0884 e. The van der Waals surface area contributed by atoms with Gasteiger partial charge in [0.05, 0.1) is 0 Å². The highest BCUT2D eigenvalue weighted by Crippen LogP contribution is 2.44. The molecule has 0 nitrogen and oxygen atoms in total. The molecular formula is C10H18. The van der Waals surface area contributed by atoms with Crippen LogP contribution in [0.25, 0.3) is 0 Å². The molecule has 0 unspecified atom stereocenters. The maximum Gasteiger partial charge on any atom is -0.0284 e. The van der Waals surface area contributed by atoms with Gasteiger partial charge in [0.25, 0.3) is 0 Å². The van der Waals surface area contributed by atoms with Gasteiger partial charge >= 0.3 is 0 Å². The Morgan fingerprint density at radius 3 is 2.10 bits per heavy atom. The summed E-state index contributed by atoms with van der Waals surface area (Å²) >= 11 is 0. The van der Waals surface area contributed by atoms with Crippen LogP contribution in [0.1, 0.15) is 40.5 Å². The number of rotatable bonds is 0. The molecule has 10 heavy (non-hydrogen) atoms. The van der Waals surface area contributed by atoms with Crippen molar-refractivity contribution in [3.05, 3.63) is 11.6 Å². The van der Waals surface area contributed by atoms with Crippen LogP contribution in [0.15, 0.2) is 11.6 Å². The molecule has 0 radical (unpaired) electrons. The first-order valence-corrected chi connectivity index (χ1v) is 4.18.